The summed E-state index contributed by atoms with van der Waals surface area (Å²) < 4.78 is 1.77. The Kier molecular flexibility index (Phi) is 4.86. The van der Waals surface area contributed by atoms with E-state index in [1.807, 2.05) is 7.05 Å². The second kappa shape index (κ2) is 7.35. The van der Waals surface area contributed by atoms with Gasteiger partial charge in [-0.2, -0.15) is 5.10 Å². The van der Waals surface area contributed by atoms with Crippen molar-refractivity contribution < 1.29 is 14.8 Å². The number of nitrogens with zero attached hydrogens (tertiary/aromatic N) is 3. The van der Waals surface area contributed by atoms with Crippen molar-refractivity contribution in [3.8, 4) is 0 Å². The molecule has 1 aliphatic heterocycles. The summed E-state index contributed by atoms with van der Waals surface area (Å²) in [6, 6.07) is 6.28. The summed E-state index contributed by atoms with van der Waals surface area (Å²) in [6.07, 6.45) is 5.51. The Morgan fingerprint density at radius 2 is 2.03 bits per heavy atom. The number of aromatic nitrogens is 2. The van der Waals surface area contributed by atoms with Crippen LogP contribution in [-0.4, -0.2) is 25.8 Å². The van der Waals surface area contributed by atoms with Crippen molar-refractivity contribution in [3.63, 3.8) is 0 Å². The van der Waals surface area contributed by atoms with E-state index in [-0.39, 0.29) is 17.2 Å². The highest BCUT2D eigenvalue weighted by Gasteiger charge is 2.39. The van der Waals surface area contributed by atoms with Crippen molar-refractivity contribution in [3.05, 3.63) is 62.5 Å². The molecule has 1 aliphatic carbocycles. The van der Waals surface area contributed by atoms with Crippen LogP contribution in [0.2, 0.25) is 0 Å². The number of carbonyl (C=O) groups is 1. The number of allylic oxidation sites excluding steroid dienone is 1. The Labute approximate surface area is 168 Å². The minimum atomic E-state index is -1.03. The van der Waals surface area contributed by atoms with Gasteiger partial charge in [-0.1, -0.05) is 31.4 Å². The largest absolute Gasteiger partial charge is 0.478 e. The number of carboxylic acid groups (broad SMARTS) is 1. The molecule has 1 saturated carbocycles. The fourth-order valence-corrected chi connectivity index (χ4v) is 4.71. The molecule has 0 amide bonds. The molecule has 4 rings (SSSR count). The summed E-state index contributed by atoms with van der Waals surface area (Å²) in [4.78, 5) is 23.1. The fourth-order valence-electron chi connectivity index (χ4n) is 4.71. The number of nitrogens with one attached hydrogen (secondary N) is 1. The summed E-state index contributed by atoms with van der Waals surface area (Å²) in [7, 11) is 1.85. The van der Waals surface area contributed by atoms with Gasteiger partial charge in [0.05, 0.1) is 16.2 Å². The van der Waals surface area contributed by atoms with Gasteiger partial charge >= 0.3 is 5.97 Å². The zero-order valence-electron chi connectivity index (χ0n) is 16.5. The van der Waals surface area contributed by atoms with Crippen LogP contribution in [0.3, 0.4) is 0 Å². The molecule has 2 aliphatic rings. The van der Waals surface area contributed by atoms with Crippen LogP contribution in [0.4, 0.5) is 11.5 Å². The second-order valence-electron chi connectivity index (χ2n) is 7.86. The molecule has 0 bridgehead atoms. The lowest BCUT2D eigenvalue weighted by Gasteiger charge is -2.29. The molecule has 8 nitrogen and oxygen atoms in total. The summed E-state index contributed by atoms with van der Waals surface area (Å²) in [5.41, 5.74) is 3.04. The van der Waals surface area contributed by atoms with Crippen LogP contribution in [0.1, 0.15) is 67.7 Å². The number of aliphatic carboxylic acids is 1. The van der Waals surface area contributed by atoms with Gasteiger partial charge < -0.3 is 10.4 Å². The smallest absolute Gasteiger partial charge is 0.334 e. The Hall–Kier alpha value is -3.16. The normalized spacial score (nSPS) is 19.6. The molecule has 0 saturated heterocycles. The van der Waals surface area contributed by atoms with E-state index in [0.717, 1.165) is 42.8 Å². The van der Waals surface area contributed by atoms with Crippen LogP contribution in [-0.2, 0) is 11.8 Å². The van der Waals surface area contributed by atoms with Gasteiger partial charge in [0.15, 0.2) is 0 Å². The topological polar surface area (TPSA) is 110 Å². The van der Waals surface area contributed by atoms with Crippen LogP contribution < -0.4 is 5.32 Å². The molecular formula is C21H24N4O4. The monoisotopic (exact) mass is 396 g/mol. The highest BCUT2D eigenvalue weighted by molar-refractivity contribution is 5.93. The molecule has 2 N–H and O–H groups in total. The van der Waals surface area contributed by atoms with Crippen LogP contribution in [0, 0.1) is 10.1 Å². The second-order valence-corrected chi connectivity index (χ2v) is 7.86. The van der Waals surface area contributed by atoms with E-state index >= 15 is 0 Å². The average Bonchev–Trinajstić information content (AvgIpc) is 3.03. The lowest BCUT2D eigenvalue weighted by Crippen LogP contribution is -2.24. The van der Waals surface area contributed by atoms with Gasteiger partial charge in [-0.05, 0) is 25.3 Å². The lowest BCUT2D eigenvalue weighted by molar-refractivity contribution is -0.384. The molecule has 29 heavy (non-hydrogen) atoms. The summed E-state index contributed by atoms with van der Waals surface area (Å²) in [5.74, 6) is -0.593. The maximum absolute atomic E-state index is 12.2. The molecule has 2 heterocycles. The van der Waals surface area contributed by atoms with Crippen LogP contribution in [0.25, 0.3) is 0 Å². The number of nitro groups is 1. The van der Waals surface area contributed by atoms with Crippen molar-refractivity contribution in [2.45, 2.75) is 50.9 Å². The number of hydrogen-bond acceptors (Lipinski definition) is 5. The molecule has 1 aromatic heterocycles. The van der Waals surface area contributed by atoms with Crippen molar-refractivity contribution >= 4 is 17.5 Å². The van der Waals surface area contributed by atoms with E-state index in [1.165, 1.54) is 18.6 Å². The Morgan fingerprint density at radius 1 is 1.31 bits per heavy atom. The highest BCUT2D eigenvalue weighted by Crippen LogP contribution is 2.47. The average molecular weight is 396 g/mol. The number of fused-ring (bicyclic) bond motifs is 1. The van der Waals surface area contributed by atoms with Crippen molar-refractivity contribution in [1.29, 1.82) is 0 Å². The van der Waals surface area contributed by atoms with E-state index in [1.54, 1.807) is 23.7 Å². The first-order valence-corrected chi connectivity index (χ1v) is 9.90. The Morgan fingerprint density at radius 3 is 2.69 bits per heavy atom. The number of carboxylic acids is 1. The molecule has 1 aromatic carbocycles. The molecule has 0 radical (unpaired) electrons. The minimum Gasteiger partial charge on any atom is -0.478 e. The number of anilines is 1. The predicted octanol–water partition coefficient (Wildman–Crippen LogP) is 4.29. The molecule has 2 aromatic rings. The third-order valence-corrected chi connectivity index (χ3v) is 6.04. The van der Waals surface area contributed by atoms with E-state index in [0.29, 0.717) is 11.3 Å². The van der Waals surface area contributed by atoms with Crippen molar-refractivity contribution in [2.24, 2.45) is 7.05 Å². The first-order valence-electron chi connectivity index (χ1n) is 9.90. The van der Waals surface area contributed by atoms with Gasteiger partial charge in [-0.25, -0.2) is 4.79 Å². The summed E-state index contributed by atoms with van der Waals surface area (Å²) in [5, 5.41) is 29.3. The van der Waals surface area contributed by atoms with Crippen molar-refractivity contribution in [1.82, 2.24) is 9.78 Å². The summed E-state index contributed by atoms with van der Waals surface area (Å²) >= 11 is 0. The molecule has 0 spiro atoms. The number of hydrogen-bond donors (Lipinski definition) is 2. The maximum atomic E-state index is 12.2. The van der Waals surface area contributed by atoms with Gasteiger partial charge in [-0.15, -0.1) is 0 Å². The fraction of sp³-hybridized carbons (Fsp3) is 0.429. The third kappa shape index (κ3) is 3.28. The predicted molar refractivity (Wildman–Crippen MR) is 108 cm³/mol. The van der Waals surface area contributed by atoms with Gasteiger partial charge in [0.25, 0.3) is 5.69 Å². The summed E-state index contributed by atoms with van der Waals surface area (Å²) in [6.45, 7) is 1.73. The van der Waals surface area contributed by atoms with Gasteiger partial charge in [-0.3, -0.25) is 14.8 Å². The number of non-ortho nitro benzene ring substituents is 1. The Balaban J connectivity index is 1.94. The molecule has 1 fully saturated rings. The number of rotatable bonds is 4. The van der Waals surface area contributed by atoms with Crippen LogP contribution >= 0.6 is 0 Å². The lowest BCUT2D eigenvalue weighted by atomic mass is 9.77. The molecule has 1 unspecified atom stereocenters. The zero-order valence-corrected chi connectivity index (χ0v) is 16.5. The van der Waals surface area contributed by atoms with Crippen molar-refractivity contribution in [2.75, 3.05) is 5.32 Å². The van der Waals surface area contributed by atoms with E-state index < -0.39 is 16.8 Å². The SMILES string of the molecule is CC1=C(C(=O)O)C(c2cccc([N+](=O)[O-])c2)c2c(C3CCCCC3)nn(C)c2N1. The maximum Gasteiger partial charge on any atom is 0.334 e. The Bertz CT molecular complexity index is 1020. The zero-order chi connectivity index (χ0) is 20.7. The minimum absolute atomic E-state index is 0.0481. The molecule has 1 atom stereocenters. The van der Waals surface area contributed by atoms with Crippen LogP contribution in [0.15, 0.2) is 35.5 Å². The van der Waals surface area contributed by atoms with E-state index in [2.05, 4.69) is 5.32 Å². The first-order chi connectivity index (χ1) is 13.9. The molecular weight excluding hydrogens is 372 g/mol. The first kappa shape index (κ1) is 19.2. The molecule has 8 heteroatoms. The number of benzene rings is 1. The molecule has 152 valence electrons. The third-order valence-electron chi connectivity index (χ3n) is 6.04. The standard InChI is InChI=1S/C21H24N4O4/c1-12-16(21(26)27)17(14-9-6-10-15(11-14)25(28)29)18-19(13-7-4-3-5-8-13)23-24(2)20(18)22-12/h6,9-11,13,17,22H,3-5,7-8H2,1-2H3,(H,26,27). The quantitative estimate of drug-likeness (QED) is 0.589. The van der Waals surface area contributed by atoms with E-state index in [4.69, 9.17) is 5.10 Å². The highest BCUT2D eigenvalue weighted by atomic mass is 16.6. The van der Waals surface area contributed by atoms with Gasteiger partial charge in [0.1, 0.15) is 5.82 Å². The van der Waals surface area contributed by atoms with Crippen LogP contribution in [0.5, 0.6) is 0 Å². The number of aryl methyl sites for hydroxylation is 1. The van der Waals surface area contributed by atoms with Gasteiger partial charge in [0.2, 0.25) is 0 Å². The number of nitro benzene ring substituents is 1. The van der Waals surface area contributed by atoms with Gasteiger partial charge in [0, 0.05) is 42.3 Å². The van der Waals surface area contributed by atoms with E-state index in [9.17, 15) is 20.0 Å².